The van der Waals surface area contributed by atoms with Gasteiger partial charge in [-0.2, -0.15) is 4.98 Å². The van der Waals surface area contributed by atoms with Gasteiger partial charge in [0.1, 0.15) is 12.3 Å². The Morgan fingerprint density at radius 3 is 2.56 bits per heavy atom. The average molecular weight is 351 g/mol. The summed E-state index contributed by atoms with van der Waals surface area (Å²) in [5.74, 6) is 0.320. The Bertz CT molecular complexity index is 543. The second kappa shape index (κ2) is 10.1. The van der Waals surface area contributed by atoms with Crippen molar-refractivity contribution in [1.29, 1.82) is 0 Å². The normalized spacial score (nSPS) is 15.1. The molecule has 8 heteroatoms. The number of carbonyl (C=O) groups excluding carboxylic acids is 1. The van der Waals surface area contributed by atoms with Crippen LogP contribution in [0.15, 0.2) is 6.07 Å². The van der Waals surface area contributed by atoms with Crippen LogP contribution in [0.25, 0.3) is 0 Å². The van der Waals surface area contributed by atoms with Crippen LogP contribution in [0.1, 0.15) is 37.2 Å². The number of carbonyl (C=O) groups is 1. The second-order valence-electron chi connectivity index (χ2n) is 6.05. The number of aromatic nitrogens is 2. The molecule has 0 radical (unpaired) electrons. The van der Waals surface area contributed by atoms with Gasteiger partial charge in [-0.15, -0.1) is 0 Å². The van der Waals surface area contributed by atoms with E-state index in [4.69, 9.17) is 15.2 Å². The van der Waals surface area contributed by atoms with E-state index in [-0.39, 0.29) is 5.69 Å². The Kier molecular flexibility index (Phi) is 7.87. The maximum atomic E-state index is 11.6. The minimum absolute atomic E-state index is 0.184. The van der Waals surface area contributed by atoms with Crippen LogP contribution >= 0.6 is 0 Å². The Morgan fingerprint density at radius 1 is 1.28 bits per heavy atom. The lowest BCUT2D eigenvalue weighted by Gasteiger charge is -2.26. The van der Waals surface area contributed by atoms with Crippen LogP contribution in [0.2, 0.25) is 0 Å². The van der Waals surface area contributed by atoms with Crippen LogP contribution in [0.3, 0.4) is 0 Å². The minimum atomic E-state index is -0.574. The van der Waals surface area contributed by atoms with E-state index in [1.807, 2.05) is 0 Å². The molecule has 0 spiro atoms. The highest BCUT2D eigenvalue weighted by atomic mass is 16.5. The van der Waals surface area contributed by atoms with Gasteiger partial charge in [-0.25, -0.2) is 4.98 Å². The quantitative estimate of drug-likeness (QED) is 0.669. The summed E-state index contributed by atoms with van der Waals surface area (Å²) < 4.78 is 11.1. The lowest BCUT2D eigenvalue weighted by atomic mass is 10.3. The molecule has 0 unspecified atom stereocenters. The molecule has 1 aliphatic rings. The maximum absolute atomic E-state index is 11.6. The predicted octanol–water partition coefficient (Wildman–Crippen LogP) is 0.913. The van der Waals surface area contributed by atoms with E-state index in [1.165, 1.54) is 6.07 Å². The van der Waals surface area contributed by atoms with Gasteiger partial charge in [-0.3, -0.25) is 9.69 Å². The third-order valence-electron chi connectivity index (χ3n) is 3.97. The Hall–Kier alpha value is -1.93. The largest absolute Gasteiger partial charge is 0.476 e. The number of primary amides is 1. The van der Waals surface area contributed by atoms with Crippen molar-refractivity contribution in [3.05, 3.63) is 11.8 Å². The standard InChI is InChI=1S/C17H29N5O3/c1-3-5-22(6-4-2)17-19-14(16(18)23)13-15(20-17)25-12-9-21-7-10-24-11-8-21/h13H,3-12H2,1-2H3,(H2,18,23). The molecule has 1 aliphatic heterocycles. The van der Waals surface area contributed by atoms with Crippen molar-refractivity contribution in [2.24, 2.45) is 5.73 Å². The summed E-state index contributed by atoms with van der Waals surface area (Å²) in [6.07, 6.45) is 1.94. The lowest BCUT2D eigenvalue weighted by Crippen LogP contribution is -2.38. The van der Waals surface area contributed by atoms with Crippen LogP contribution in [-0.4, -0.2) is 73.3 Å². The summed E-state index contributed by atoms with van der Waals surface area (Å²) in [7, 11) is 0. The highest BCUT2D eigenvalue weighted by Crippen LogP contribution is 2.17. The van der Waals surface area contributed by atoms with E-state index < -0.39 is 5.91 Å². The third kappa shape index (κ3) is 6.13. The van der Waals surface area contributed by atoms with E-state index in [2.05, 4.69) is 33.6 Å². The molecular formula is C17H29N5O3. The van der Waals surface area contributed by atoms with Gasteiger partial charge >= 0.3 is 0 Å². The molecule has 2 heterocycles. The topological polar surface area (TPSA) is 93.8 Å². The fourth-order valence-electron chi connectivity index (χ4n) is 2.71. The van der Waals surface area contributed by atoms with Crippen molar-refractivity contribution < 1.29 is 14.3 Å². The van der Waals surface area contributed by atoms with Gasteiger partial charge < -0.3 is 20.1 Å². The number of nitrogens with zero attached hydrogens (tertiary/aromatic N) is 4. The van der Waals surface area contributed by atoms with E-state index >= 15 is 0 Å². The minimum Gasteiger partial charge on any atom is -0.476 e. The van der Waals surface area contributed by atoms with Crippen LogP contribution in [-0.2, 0) is 4.74 Å². The number of ether oxygens (including phenoxy) is 2. The van der Waals surface area contributed by atoms with Crippen molar-refractivity contribution in [1.82, 2.24) is 14.9 Å². The number of morpholine rings is 1. The summed E-state index contributed by atoms with van der Waals surface area (Å²) in [4.78, 5) is 24.7. The second-order valence-corrected chi connectivity index (χ2v) is 6.05. The molecule has 1 amide bonds. The molecule has 0 bridgehead atoms. The van der Waals surface area contributed by atoms with Crippen molar-refractivity contribution in [2.75, 3.05) is 57.4 Å². The summed E-state index contributed by atoms with van der Waals surface area (Å²) >= 11 is 0. The number of hydrogen-bond acceptors (Lipinski definition) is 7. The van der Waals surface area contributed by atoms with Gasteiger partial charge in [0.25, 0.3) is 5.91 Å². The zero-order valence-corrected chi connectivity index (χ0v) is 15.2. The van der Waals surface area contributed by atoms with Crippen LogP contribution in [0, 0.1) is 0 Å². The molecule has 140 valence electrons. The first kappa shape index (κ1) is 19.4. The van der Waals surface area contributed by atoms with Gasteiger partial charge in [0.2, 0.25) is 11.8 Å². The molecule has 1 fully saturated rings. The lowest BCUT2D eigenvalue weighted by molar-refractivity contribution is 0.0320. The first-order valence-electron chi connectivity index (χ1n) is 9.00. The van der Waals surface area contributed by atoms with Crippen molar-refractivity contribution in [2.45, 2.75) is 26.7 Å². The number of rotatable bonds is 10. The van der Waals surface area contributed by atoms with Gasteiger partial charge in [0.15, 0.2) is 0 Å². The average Bonchev–Trinajstić information content (AvgIpc) is 2.62. The first-order valence-corrected chi connectivity index (χ1v) is 9.00. The molecule has 25 heavy (non-hydrogen) atoms. The highest BCUT2D eigenvalue weighted by molar-refractivity contribution is 5.91. The molecule has 1 saturated heterocycles. The molecule has 0 aromatic carbocycles. The number of hydrogen-bond donors (Lipinski definition) is 1. The van der Waals surface area contributed by atoms with E-state index in [1.54, 1.807) is 0 Å². The van der Waals surface area contributed by atoms with Gasteiger partial charge in [0, 0.05) is 38.8 Å². The van der Waals surface area contributed by atoms with Gasteiger partial charge in [0.05, 0.1) is 13.2 Å². The number of amides is 1. The number of anilines is 1. The highest BCUT2D eigenvalue weighted by Gasteiger charge is 2.15. The third-order valence-corrected chi connectivity index (χ3v) is 3.97. The van der Waals surface area contributed by atoms with Gasteiger partial charge in [-0.1, -0.05) is 13.8 Å². The monoisotopic (exact) mass is 351 g/mol. The van der Waals surface area contributed by atoms with E-state index in [0.717, 1.165) is 58.8 Å². The molecule has 1 aromatic heterocycles. The van der Waals surface area contributed by atoms with E-state index in [0.29, 0.717) is 18.4 Å². The fourth-order valence-corrected chi connectivity index (χ4v) is 2.71. The summed E-state index contributed by atoms with van der Waals surface area (Å²) in [5, 5.41) is 0. The Morgan fingerprint density at radius 2 is 1.96 bits per heavy atom. The molecule has 0 atom stereocenters. The van der Waals surface area contributed by atoms with Crippen LogP contribution in [0.4, 0.5) is 5.95 Å². The molecule has 8 nitrogen and oxygen atoms in total. The summed E-state index contributed by atoms with van der Waals surface area (Å²) in [6.45, 7) is 10.5. The molecule has 2 rings (SSSR count). The smallest absolute Gasteiger partial charge is 0.267 e. The molecule has 0 saturated carbocycles. The predicted molar refractivity (Wildman–Crippen MR) is 96.1 cm³/mol. The van der Waals surface area contributed by atoms with Crippen molar-refractivity contribution in [3.63, 3.8) is 0 Å². The van der Waals surface area contributed by atoms with Crippen molar-refractivity contribution >= 4 is 11.9 Å². The fraction of sp³-hybridized carbons (Fsp3) is 0.706. The van der Waals surface area contributed by atoms with Gasteiger partial charge in [-0.05, 0) is 12.8 Å². The van der Waals surface area contributed by atoms with E-state index in [9.17, 15) is 4.79 Å². The maximum Gasteiger partial charge on any atom is 0.267 e. The Labute approximate surface area is 149 Å². The molecule has 2 N–H and O–H groups in total. The summed E-state index contributed by atoms with van der Waals surface area (Å²) in [5.41, 5.74) is 5.60. The zero-order valence-electron chi connectivity index (χ0n) is 15.2. The van der Waals surface area contributed by atoms with Crippen LogP contribution < -0.4 is 15.4 Å². The molecule has 0 aliphatic carbocycles. The van der Waals surface area contributed by atoms with Crippen LogP contribution in [0.5, 0.6) is 5.88 Å². The molecule has 1 aromatic rings. The summed E-state index contributed by atoms with van der Waals surface area (Å²) in [6, 6.07) is 1.52. The SMILES string of the molecule is CCCN(CCC)c1nc(OCCN2CCOCC2)cc(C(N)=O)n1. The first-order chi connectivity index (χ1) is 12.1. The zero-order chi connectivity index (χ0) is 18.1. The van der Waals surface area contributed by atoms with Crippen molar-refractivity contribution in [3.8, 4) is 5.88 Å². The Balaban J connectivity index is 2.05. The molecular weight excluding hydrogens is 322 g/mol. The number of nitrogens with two attached hydrogens (primary N) is 1.